The first-order valence-electron chi connectivity index (χ1n) is 8.45. The molecule has 0 saturated carbocycles. The Morgan fingerprint density at radius 2 is 2.07 bits per heavy atom. The average Bonchev–Trinajstić information content (AvgIpc) is 3.00. The lowest BCUT2D eigenvalue weighted by Crippen LogP contribution is -2.28. The molecule has 142 valence electrons. The number of fused-ring (bicyclic) bond motifs is 3. The molecule has 8 nitrogen and oxygen atoms in total. The van der Waals surface area contributed by atoms with Crippen LogP contribution in [0, 0.1) is 6.92 Å². The van der Waals surface area contributed by atoms with Crippen molar-refractivity contribution in [2.45, 2.75) is 13.5 Å². The number of methoxy groups -OCH3 is 1. The average molecular weight is 398 g/mol. The number of para-hydroxylation sites is 1. The Balaban J connectivity index is 1.66. The molecule has 0 fully saturated rings. The maximum atomic E-state index is 12.6. The number of carbonyl (C=O) groups excluding carboxylic acids is 1. The molecule has 0 atom stereocenters. The zero-order valence-electron chi connectivity index (χ0n) is 15.1. The van der Waals surface area contributed by atoms with Gasteiger partial charge in [0.25, 0.3) is 0 Å². The molecule has 1 amide bonds. The standard InChI is InChI=1S/C19H16ClN5O3/c1-11-7-15(16(28-2)8-13(11)20)22-17(26)9-25-19(27)24-10-21-14-6-4-3-5-12(14)18(24)23-25/h3-8,10H,9H2,1-2H3,(H,22,26). The highest BCUT2D eigenvalue weighted by molar-refractivity contribution is 6.31. The number of nitrogens with one attached hydrogen (secondary N) is 1. The zero-order valence-corrected chi connectivity index (χ0v) is 15.9. The van der Waals surface area contributed by atoms with Gasteiger partial charge in [-0.15, -0.1) is 5.10 Å². The molecule has 0 aliphatic heterocycles. The van der Waals surface area contributed by atoms with Crippen molar-refractivity contribution in [3.63, 3.8) is 0 Å². The van der Waals surface area contributed by atoms with Crippen LogP contribution in [0.1, 0.15) is 5.56 Å². The van der Waals surface area contributed by atoms with Crippen LogP contribution in [-0.4, -0.2) is 32.2 Å². The van der Waals surface area contributed by atoms with Gasteiger partial charge in [-0.2, -0.15) is 0 Å². The summed E-state index contributed by atoms with van der Waals surface area (Å²) >= 11 is 6.09. The van der Waals surface area contributed by atoms with Crippen LogP contribution in [-0.2, 0) is 11.3 Å². The van der Waals surface area contributed by atoms with Gasteiger partial charge in [0, 0.05) is 16.5 Å². The Bertz CT molecular complexity index is 1280. The molecular formula is C19H16ClN5O3. The Morgan fingerprint density at radius 1 is 1.29 bits per heavy atom. The number of carbonyl (C=O) groups is 1. The maximum Gasteiger partial charge on any atom is 0.352 e. The summed E-state index contributed by atoms with van der Waals surface area (Å²) in [5, 5.41) is 8.32. The van der Waals surface area contributed by atoms with Gasteiger partial charge in [-0.3, -0.25) is 4.79 Å². The monoisotopic (exact) mass is 397 g/mol. The van der Waals surface area contributed by atoms with Gasteiger partial charge in [-0.25, -0.2) is 18.9 Å². The van der Waals surface area contributed by atoms with Crippen molar-refractivity contribution in [3.05, 3.63) is 63.8 Å². The highest BCUT2D eigenvalue weighted by atomic mass is 35.5. The highest BCUT2D eigenvalue weighted by Gasteiger charge is 2.15. The summed E-state index contributed by atoms with van der Waals surface area (Å²) in [5.41, 5.74) is 1.99. The lowest BCUT2D eigenvalue weighted by atomic mass is 10.2. The number of rotatable bonds is 4. The van der Waals surface area contributed by atoms with E-state index in [2.05, 4.69) is 15.4 Å². The number of hydrogen-bond acceptors (Lipinski definition) is 5. The van der Waals surface area contributed by atoms with Gasteiger partial charge in [0.2, 0.25) is 5.91 Å². The van der Waals surface area contributed by atoms with Crippen LogP contribution in [0.3, 0.4) is 0 Å². The van der Waals surface area contributed by atoms with Crippen LogP contribution in [0.15, 0.2) is 47.5 Å². The van der Waals surface area contributed by atoms with Crippen LogP contribution >= 0.6 is 11.6 Å². The Morgan fingerprint density at radius 3 is 2.86 bits per heavy atom. The molecule has 0 spiro atoms. The first-order valence-corrected chi connectivity index (χ1v) is 8.82. The number of nitrogens with zero attached hydrogens (tertiary/aromatic N) is 4. The number of aryl methyl sites for hydroxylation is 1. The number of hydrogen-bond donors (Lipinski definition) is 1. The Hall–Kier alpha value is -3.39. The lowest BCUT2D eigenvalue weighted by Gasteiger charge is -2.12. The van der Waals surface area contributed by atoms with Gasteiger partial charge in [0.15, 0.2) is 5.65 Å². The topological polar surface area (TPSA) is 90.5 Å². The van der Waals surface area contributed by atoms with E-state index in [4.69, 9.17) is 16.3 Å². The van der Waals surface area contributed by atoms with Crippen molar-refractivity contribution in [1.29, 1.82) is 0 Å². The van der Waals surface area contributed by atoms with Crippen molar-refractivity contribution in [1.82, 2.24) is 19.2 Å². The minimum atomic E-state index is -0.442. The van der Waals surface area contributed by atoms with Crippen LogP contribution in [0.5, 0.6) is 5.75 Å². The van der Waals surface area contributed by atoms with Crippen LogP contribution in [0.25, 0.3) is 16.6 Å². The van der Waals surface area contributed by atoms with Crippen LogP contribution < -0.4 is 15.7 Å². The van der Waals surface area contributed by atoms with E-state index in [0.29, 0.717) is 22.1 Å². The third kappa shape index (κ3) is 3.07. The van der Waals surface area contributed by atoms with Gasteiger partial charge in [0.05, 0.1) is 18.3 Å². The van der Waals surface area contributed by atoms with Crippen molar-refractivity contribution >= 4 is 39.7 Å². The van der Waals surface area contributed by atoms with Gasteiger partial charge in [-0.05, 0) is 30.7 Å². The Kier molecular flexibility index (Phi) is 4.48. The van der Waals surface area contributed by atoms with E-state index < -0.39 is 11.6 Å². The summed E-state index contributed by atoms with van der Waals surface area (Å²) in [6.45, 7) is 1.57. The molecule has 0 radical (unpaired) electrons. The number of anilines is 1. The van der Waals surface area contributed by atoms with Gasteiger partial charge < -0.3 is 10.1 Å². The van der Waals surface area contributed by atoms with Crippen LogP contribution in [0.2, 0.25) is 5.02 Å². The fourth-order valence-corrected chi connectivity index (χ4v) is 3.12. The van der Waals surface area contributed by atoms with Gasteiger partial charge in [0.1, 0.15) is 18.6 Å². The molecule has 0 bridgehead atoms. The molecular weight excluding hydrogens is 382 g/mol. The third-order valence-corrected chi connectivity index (χ3v) is 4.78. The minimum absolute atomic E-state index is 0.250. The number of halogens is 1. The summed E-state index contributed by atoms with van der Waals surface area (Å²) in [6.07, 6.45) is 1.41. The molecule has 1 N–H and O–H groups in total. The highest BCUT2D eigenvalue weighted by Crippen LogP contribution is 2.30. The number of ether oxygens (including phenoxy) is 1. The van der Waals surface area contributed by atoms with Crippen molar-refractivity contribution in [2.24, 2.45) is 0 Å². The van der Waals surface area contributed by atoms with Crippen molar-refractivity contribution in [3.8, 4) is 5.75 Å². The van der Waals surface area contributed by atoms with E-state index in [1.165, 1.54) is 17.8 Å². The number of benzene rings is 2. The summed E-state index contributed by atoms with van der Waals surface area (Å²) in [6, 6.07) is 10.7. The van der Waals surface area contributed by atoms with Gasteiger partial charge in [-0.1, -0.05) is 23.7 Å². The van der Waals surface area contributed by atoms with E-state index in [0.717, 1.165) is 21.1 Å². The third-order valence-electron chi connectivity index (χ3n) is 4.38. The number of aromatic nitrogens is 4. The van der Waals surface area contributed by atoms with E-state index >= 15 is 0 Å². The molecule has 4 rings (SSSR count). The molecule has 0 unspecified atom stereocenters. The van der Waals surface area contributed by atoms with Crippen LogP contribution in [0.4, 0.5) is 5.69 Å². The molecule has 4 aromatic rings. The predicted octanol–water partition coefficient (Wildman–Crippen LogP) is 2.65. The summed E-state index contributed by atoms with van der Waals surface area (Å²) < 4.78 is 7.68. The SMILES string of the molecule is COc1cc(Cl)c(C)cc1NC(=O)Cn1nc2c3ccccc3ncn2c1=O. The molecule has 2 aromatic heterocycles. The summed E-state index contributed by atoms with van der Waals surface area (Å²) in [4.78, 5) is 29.3. The predicted molar refractivity (Wildman–Crippen MR) is 106 cm³/mol. The van der Waals surface area contributed by atoms with Crippen molar-refractivity contribution < 1.29 is 9.53 Å². The zero-order chi connectivity index (χ0) is 19.8. The van der Waals surface area contributed by atoms with E-state index in [1.54, 1.807) is 12.1 Å². The fraction of sp³-hybridized carbons (Fsp3) is 0.158. The quantitative estimate of drug-likeness (QED) is 0.571. The van der Waals surface area contributed by atoms with Crippen molar-refractivity contribution in [2.75, 3.05) is 12.4 Å². The lowest BCUT2D eigenvalue weighted by molar-refractivity contribution is -0.117. The molecule has 0 saturated heterocycles. The second-order valence-corrected chi connectivity index (χ2v) is 6.65. The van der Waals surface area contributed by atoms with E-state index in [1.807, 2.05) is 31.2 Å². The molecule has 9 heteroatoms. The normalized spacial score (nSPS) is 11.1. The molecule has 2 heterocycles. The maximum absolute atomic E-state index is 12.6. The van der Waals surface area contributed by atoms with E-state index in [-0.39, 0.29) is 6.54 Å². The summed E-state index contributed by atoms with van der Waals surface area (Å²) in [5.74, 6) is 0.0179. The molecule has 0 aliphatic carbocycles. The molecule has 2 aromatic carbocycles. The molecule has 28 heavy (non-hydrogen) atoms. The smallest absolute Gasteiger partial charge is 0.352 e. The minimum Gasteiger partial charge on any atom is -0.495 e. The summed E-state index contributed by atoms with van der Waals surface area (Å²) in [7, 11) is 1.49. The first-order chi connectivity index (χ1) is 13.5. The van der Waals surface area contributed by atoms with Gasteiger partial charge >= 0.3 is 5.69 Å². The fourth-order valence-electron chi connectivity index (χ4n) is 2.96. The molecule has 0 aliphatic rings. The largest absolute Gasteiger partial charge is 0.495 e. The number of amides is 1. The first kappa shape index (κ1) is 18.0. The second-order valence-electron chi connectivity index (χ2n) is 6.25. The van der Waals surface area contributed by atoms with E-state index in [9.17, 15) is 9.59 Å². The second kappa shape index (κ2) is 6.97. The Labute approximate surface area is 164 Å².